The molecule has 4 aromatic rings. The highest BCUT2D eigenvalue weighted by molar-refractivity contribution is 7.77. The first-order valence-corrected chi connectivity index (χ1v) is 14.7. The van der Waals surface area contributed by atoms with Crippen LogP contribution in [0.25, 0.3) is 11.2 Å². The molecule has 0 spiro atoms. The molecule has 0 radical (unpaired) electrons. The van der Waals surface area contributed by atoms with Crippen molar-refractivity contribution >= 4 is 42.9 Å². The van der Waals surface area contributed by atoms with E-state index in [4.69, 9.17) is 13.8 Å². The second-order valence-electron chi connectivity index (χ2n) is 8.08. The molecule has 2 heterocycles. The predicted octanol–water partition coefficient (Wildman–Crippen LogP) is 3.87. The Labute approximate surface area is 213 Å². The highest BCUT2D eigenvalue weighted by Gasteiger charge is 2.35. The normalized spacial score (nSPS) is 13.4. The topological polar surface area (TPSA) is 158 Å². The number of fused-ring (bicyclic) bond motifs is 1. The summed E-state index contributed by atoms with van der Waals surface area (Å²) in [6.07, 6.45) is 2.30. The number of hydrogen-bond acceptors (Lipinski definition) is 10. The van der Waals surface area contributed by atoms with Crippen molar-refractivity contribution < 1.29 is 32.9 Å². The third-order valence-corrected chi connectivity index (χ3v) is 10.8. The van der Waals surface area contributed by atoms with Crippen LogP contribution in [0, 0.1) is 0 Å². The first kappa shape index (κ1) is 26.8. The van der Waals surface area contributed by atoms with Crippen molar-refractivity contribution in [1.29, 1.82) is 0 Å². The van der Waals surface area contributed by atoms with Gasteiger partial charge in [-0.15, -0.1) is 0 Å². The molecule has 0 saturated heterocycles. The van der Waals surface area contributed by atoms with E-state index in [1.807, 2.05) is 10.6 Å². The summed E-state index contributed by atoms with van der Waals surface area (Å²) in [6.45, 7) is 0.562. The molecular formula is C23H27N5O7P2. The van der Waals surface area contributed by atoms with Crippen LogP contribution in [0.4, 0.5) is 11.5 Å². The number of benzene rings is 2. The third-order valence-electron chi connectivity index (χ3n) is 5.63. The molecule has 37 heavy (non-hydrogen) atoms. The lowest BCUT2D eigenvalue weighted by atomic mass is 10.1. The van der Waals surface area contributed by atoms with Crippen LogP contribution in [-0.4, -0.2) is 56.8 Å². The van der Waals surface area contributed by atoms with E-state index in [-0.39, 0.29) is 17.1 Å². The van der Waals surface area contributed by atoms with Gasteiger partial charge in [0.2, 0.25) is 7.37 Å². The van der Waals surface area contributed by atoms with E-state index in [2.05, 4.69) is 20.3 Å². The molecule has 1 atom stereocenters. The van der Waals surface area contributed by atoms with Gasteiger partial charge in [-0.2, -0.15) is 9.97 Å². The van der Waals surface area contributed by atoms with E-state index in [1.54, 1.807) is 36.7 Å². The fourth-order valence-electron chi connectivity index (χ4n) is 3.65. The zero-order valence-corrected chi connectivity index (χ0v) is 22.2. The molecule has 1 unspecified atom stereocenters. The lowest BCUT2D eigenvalue weighted by Crippen LogP contribution is -2.09. The van der Waals surface area contributed by atoms with E-state index >= 15 is 0 Å². The molecule has 2 aromatic carbocycles. The van der Waals surface area contributed by atoms with Gasteiger partial charge in [-0.3, -0.25) is 9.13 Å². The monoisotopic (exact) mass is 547 g/mol. The van der Waals surface area contributed by atoms with E-state index in [9.17, 15) is 19.1 Å². The molecule has 0 aliphatic heterocycles. The van der Waals surface area contributed by atoms with Crippen LogP contribution in [0.2, 0.25) is 0 Å². The Hall–Kier alpha value is -3.27. The van der Waals surface area contributed by atoms with Gasteiger partial charge in [0.25, 0.3) is 0 Å². The van der Waals surface area contributed by atoms with Gasteiger partial charge in [0, 0.05) is 31.8 Å². The van der Waals surface area contributed by atoms with Gasteiger partial charge in [0.15, 0.2) is 17.0 Å². The van der Waals surface area contributed by atoms with Gasteiger partial charge in [-0.1, -0.05) is 12.1 Å². The average Bonchev–Trinajstić information content (AvgIpc) is 3.30. The maximum atomic E-state index is 12.8. The largest absolute Gasteiger partial charge is 0.508 e. The van der Waals surface area contributed by atoms with Crippen LogP contribution in [0.3, 0.4) is 0 Å². The van der Waals surface area contributed by atoms with Crippen LogP contribution < -0.4 is 15.4 Å². The second-order valence-corrected chi connectivity index (χ2v) is 13.1. The molecule has 196 valence electrons. The van der Waals surface area contributed by atoms with Crippen molar-refractivity contribution in [3.8, 4) is 11.8 Å². The standard InChI is InChI=1S/C23H27N5O7P2/c1-33-23-26-21(20-22(27-23)28(14-24-20)12-11-16-5-4-6-18(29)13-16)25-17-7-9-19(10-8-17)36(30,31)15-37(32,34-2)35-3/h4-10,13-14,29H,11-12,15H2,1-3H3,(H,30,31)(H,25,26,27). The van der Waals surface area contributed by atoms with E-state index in [1.165, 1.54) is 33.5 Å². The fraction of sp³-hybridized carbons (Fsp3) is 0.261. The van der Waals surface area contributed by atoms with Gasteiger partial charge < -0.3 is 33.7 Å². The Balaban J connectivity index is 1.57. The number of aryl methyl sites for hydroxylation is 2. The summed E-state index contributed by atoms with van der Waals surface area (Å²) in [5.41, 5.74) is 2.60. The molecule has 0 amide bonds. The molecular weight excluding hydrogens is 520 g/mol. The number of phenolic OH excluding ortho intramolecular Hbond substituents is 1. The van der Waals surface area contributed by atoms with Crippen molar-refractivity contribution in [1.82, 2.24) is 19.5 Å². The van der Waals surface area contributed by atoms with Crippen LogP contribution in [0.1, 0.15) is 5.56 Å². The number of nitrogens with zero attached hydrogens (tertiary/aromatic N) is 4. The molecule has 14 heteroatoms. The molecule has 0 bridgehead atoms. The molecule has 0 aliphatic carbocycles. The van der Waals surface area contributed by atoms with E-state index < -0.39 is 20.9 Å². The van der Waals surface area contributed by atoms with Crippen molar-refractivity contribution in [3.63, 3.8) is 0 Å². The van der Waals surface area contributed by atoms with E-state index in [0.29, 0.717) is 35.6 Å². The van der Waals surface area contributed by atoms with E-state index in [0.717, 1.165) is 5.56 Å². The quantitative estimate of drug-likeness (QED) is 0.234. The number of anilines is 2. The summed E-state index contributed by atoms with van der Waals surface area (Å²) in [6, 6.07) is 13.3. The summed E-state index contributed by atoms with van der Waals surface area (Å²) >= 11 is 0. The zero-order valence-electron chi connectivity index (χ0n) is 20.4. The molecule has 12 nitrogen and oxygen atoms in total. The minimum atomic E-state index is -4.00. The van der Waals surface area contributed by atoms with Crippen LogP contribution in [-0.2, 0) is 31.1 Å². The fourth-order valence-corrected chi connectivity index (χ4v) is 7.87. The first-order valence-electron chi connectivity index (χ1n) is 11.1. The summed E-state index contributed by atoms with van der Waals surface area (Å²) in [4.78, 5) is 23.7. The summed E-state index contributed by atoms with van der Waals surface area (Å²) in [5.74, 6) is -0.0385. The Bertz CT molecular complexity index is 1480. The van der Waals surface area contributed by atoms with Crippen molar-refractivity contribution in [2.45, 2.75) is 13.0 Å². The van der Waals surface area contributed by atoms with Gasteiger partial charge >= 0.3 is 13.6 Å². The Morgan fingerprint density at radius 2 is 1.76 bits per heavy atom. The zero-order chi connectivity index (χ0) is 26.6. The Morgan fingerprint density at radius 1 is 1.03 bits per heavy atom. The summed E-state index contributed by atoms with van der Waals surface area (Å²) in [7, 11) is -3.88. The van der Waals surface area contributed by atoms with Gasteiger partial charge in [-0.25, -0.2) is 4.98 Å². The predicted molar refractivity (Wildman–Crippen MR) is 139 cm³/mol. The van der Waals surface area contributed by atoms with Crippen molar-refractivity contribution in [2.24, 2.45) is 0 Å². The number of aromatic nitrogens is 4. The lowest BCUT2D eigenvalue weighted by Gasteiger charge is -2.18. The number of ether oxygens (including phenoxy) is 1. The molecule has 0 saturated carbocycles. The number of phenols is 1. The Kier molecular flexibility index (Phi) is 7.96. The smallest absolute Gasteiger partial charge is 0.340 e. The highest BCUT2D eigenvalue weighted by atomic mass is 31.2. The third kappa shape index (κ3) is 6.18. The highest BCUT2D eigenvalue weighted by Crippen LogP contribution is 2.59. The minimum Gasteiger partial charge on any atom is -0.508 e. The molecule has 0 aliphatic rings. The lowest BCUT2D eigenvalue weighted by molar-refractivity contribution is 0.279. The molecule has 3 N–H and O–H groups in total. The Morgan fingerprint density at radius 3 is 2.41 bits per heavy atom. The van der Waals surface area contributed by atoms with Crippen molar-refractivity contribution in [2.75, 3.05) is 32.5 Å². The second kappa shape index (κ2) is 11.0. The van der Waals surface area contributed by atoms with Gasteiger partial charge in [0.1, 0.15) is 11.7 Å². The average molecular weight is 547 g/mol. The molecule has 2 aromatic heterocycles. The van der Waals surface area contributed by atoms with Crippen LogP contribution in [0.5, 0.6) is 11.8 Å². The minimum absolute atomic E-state index is 0.106. The number of nitrogens with one attached hydrogen (secondary N) is 1. The molecule has 4 rings (SSSR count). The summed E-state index contributed by atoms with van der Waals surface area (Å²) < 4.78 is 41.9. The van der Waals surface area contributed by atoms with Crippen LogP contribution >= 0.6 is 15.0 Å². The number of hydrogen-bond donors (Lipinski definition) is 3. The number of methoxy groups -OCH3 is 1. The van der Waals surface area contributed by atoms with Gasteiger partial charge in [0.05, 0.1) is 13.4 Å². The maximum Gasteiger partial charge on any atom is 0.340 e. The number of imidazole rings is 1. The number of rotatable bonds is 11. The summed E-state index contributed by atoms with van der Waals surface area (Å²) in [5, 5.41) is 13.0. The van der Waals surface area contributed by atoms with Crippen molar-refractivity contribution in [3.05, 3.63) is 60.4 Å². The number of aromatic hydroxyl groups is 1. The molecule has 0 fully saturated rings. The SMILES string of the molecule is COc1nc(Nc2ccc(P(=O)(O)CP(=O)(OC)OC)cc2)c2ncn(CCc3cccc(O)c3)c2n1. The van der Waals surface area contributed by atoms with Crippen LogP contribution in [0.15, 0.2) is 54.9 Å². The van der Waals surface area contributed by atoms with Gasteiger partial charge in [-0.05, 0) is 48.4 Å². The maximum absolute atomic E-state index is 12.8. The first-order chi connectivity index (χ1) is 17.7.